The number of carbonyl (C=O) groups is 1. The van der Waals surface area contributed by atoms with E-state index >= 15 is 0 Å². The van der Waals surface area contributed by atoms with Crippen LogP contribution in [0, 0.1) is 0 Å². The van der Waals surface area contributed by atoms with E-state index in [1.807, 2.05) is 4.90 Å². The number of hydrogen-bond donors (Lipinski definition) is 3. The highest BCUT2D eigenvalue weighted by molar-refractivity contribution is 6.00. The Morgan fingerprint density at radius 3 is 3.31 bits per heavy atom. The van der Waals surface area contributed by atoms with Gasteiger partial charge >= 0.3 is 0 Å². The number of rotatable bonds is 2. The van der Waals surface area contributed by atoms with E-state index in [9.17, 15) is 4.79 Å². The highest BCUT2D eigenvalue weighted by Crippen LogP contribution is 2.25. The molecule has 0 aromatic carbocycles. The second-order valence-electron chi connectivity index (χ2n) is 2.89. The number of anilines is 2. The minimum atomic E-state index is -0.0256. The Morgan fingerprint density at radius 2 is 2.54 bits per heavy atom. The number of H-pyrrole nitrogens is 1. The summed E-state index contributed by atoms with van der Waals surface area (Å²) in [5.41, 5.74) is 6.15. The molecule has 6 nitrogen and oxygen atoms in total. The minimum absolute atomic E-state index is 0.0256. The quantitative estimate of drug-likeness (QED) is 0.553. The number of aromatic nitrogens is 2. The molecule has 1 aromatic heterocycles. The predicted octanol–water partition coefficient (Wildman–Crippen LogP) is -0.873. The smallest absolute Gasteiger partial charge is 0.244 e. The molecule has 70 valence electrons. The largest absolute Gasteiger partial charge is 0.345 e. The third-order valence-corrected chi connectivity index (χ3v) is 1.94. The Labute approximate surface area is 75.1 Å². The van der Waals surface area contributed by atoms with Gasteiger partial charge in [0.1, 0.15) is 11.5 Å². The first kappa shape index (κ1) is 8.06. The molecule has 0 fully saturated rings. The first-order valence-corrected chi connectivity index (χ1v) is 4.09. The van der Waals surface area contributed by atoms with Gasteiger partial charge in [-0.15, -0.1) is 0 Å². The van der Waals surface area contributed by atoms with Crippen LogP contribution in [0.15, 0.2) is 6.20 Å². The molecule has 0 saturated carbocycles. The lowest BCUT2D eigenvalue weighted by Crippen LogP contribution is -2.40. The van der Waals surface area contributed by atoms with Gasteiger partial charge in [0.2, 0.25) is 5.91 Å². The summed E-state index contributed by atoms with van der Waals surface area (Å²) in [7, 11) is 0. The Bertz CT molecular complexity index is 320. The standard InChI is InChI=1S/C7H11N5O/c8-1-2-12-4-6(13)10-5-3-9-11-7(5)12/h3H,1-2,4,8H2,(H,9,11)(H,10,13). The zero-order valence-electron chi connectivity index (χ0n) is 7.08. The van der Waals surface area contributed by atoms with Crippen molar-refractivity contribution in [3.63, 3.8) is 0 Å². The van der Waals surface area contributed by atoms with Gasteiger partial charge in [-0.25, -0.2) is 0 Å². The summed E-state index contributed by atoms with van der Waals surface area (Å²) >= 11 is 0. The maximum absolute atomic E-state index is 11.2. The van der Waals surface area contributed by atoms with Crippen molar-refractivity contribution in [1.29, 1.82) is 0 Å². The summed E-state index contributed by atoms with van der Waals surface area (Å²) in [6, 6.07) is 0. The van der Waals surface area contributed by atoms with Gasteiger partial charge in [0.25, 0.3) is 0 Å². The van der Waals surface area contributed by atoms with E-state index in [-0.39, 0.29) is 5.91 Å². The van der Waals surface area contributed by atoms with Gasteiger partial charge in [0, 0.05) is 13.1 Å². The topological polar surface area (TPSA) is 87.0 Å². The number of nitrogens with two attached hydrogens (primary N) is 1. The van der Waals surface area contributed by atoms with Crippen LogP contribution in [0.1, 0.15) is 0 Å². The summed E-state index contributed by atoms with van der Waals surface area (Å²) in [5.74, 6) is 0.812. The van der Waals surface area contributed by atoms with Gasteiger partial charge in [0.05, 0.1) is 12.7 Å². The van der Waals surface area contributed by atoms with E-state index in [0.717, 1.165) is 11.5 Å². The van der Waals surface area contributed by atoms with Crippen LogP contribution in [0.2, 0.25) is 0 Å². The lowest BCUT2D eigenvalue weighted by molar-refractivity contribution is -0.115. The minimum Gasteiger partial charge on any atom is -0.345 e. The van der Waals surface area contributed by atoms with Crippen LogP contribution in [-0.4, -0.2) is 35.7 Å². The Kier molecular flexibility index (Phi) is 1.90. The molecule has 13 heavy (non-hydrogen) atoms. The van der Waals surface area contributed by atoms with Gasteiger partial charge in [-0.05, 0) is 0 Å². The van der Waals surface area contributed by atoms with Crippen LogP contribution in [0.3, 0.4) is 0 Å². The molecule has 0 bridgehead atoms. The van der Waals surface area contributed by atoms with E-state index in [2.05, 4.69) is 15.5 Å². The summed E-state index contributed by atoms with van der Waals surface area (Å²) < 4.78 is 0. The molecule has 0 saturated heterocycles. The van der Waals surface area contributed by atoms with E-state index in [1.165, 1.54) is 0 Å². The molecule has 0 aliphatic carbocycles. The summed E-state index contributed by atoms with van der Waals surface area (Å²) in [6.07, 6.45) is 1.59. The van der Waals surface area contributed by atoms with E-state index in [0.29, 0.717) is 19.6 Å². The monoisotopic (exact) mass is 181 g/mol. The van der Waals surface area contributed by atoms with Gasteiger partial charge in [-0.1, -0.05) is 0 Å². The molecule has 0 radical (unpaired) electrons. The summed E-state index contributed by atoms with van der Waals surface area (Å²) in [5, 5.41) is 9.38. The molecule has 0 atom stereocenters. The molecule has 1 amide bonds. The van der Waals surface area contributed by atoms with E-state index < -0.39 is 0 Å². The SMILES string of the molecule is NCCN1CC(=O)Nc2cn[nH]c21. The van der Waals surface area contributed by atoms with Crippen LogP contribution in [0.4, 0.5) is 11.5 Å². The van der Waals surface area contributed by atoms with Crippen molar-refractivity contribution < 1.29 is 4.79 Å². The Morgan fingerprint density at radius 1 is 1.69 bits per heavy atom. The number of amides is 1. The van der Waals surface area contributed by atoms with Crippen molar-refractivity contribution in [3.8, 4) is 0 Å². The van der Waals surface area contributed by atoms with Gasteiger partial charge in [-0.3, -0.25) is 9.89 Å². The Hall–Kier alpha value is -1.56. The van der Waals surface area contributed by atoms with E-state index in [1.54, 1.807) is 6.20 Å². The maximum atomic E-state index is 11.2. The molecule has 6 heteroatoms. The van der Waals surface area contributed by atoms with Crippen LogP contribution in [-0.2, 0) is 4.79 Å². The zero-order valence-corrected chi connectivity index (χ0v) is 7.08. The maximum Gasteiger partial charge on any atom is 0.244 e. The first-order valence-electron chi connectivity index (χ1n) is 4.09. The van der Waals surface area contributed by atoms with Gasteiger partial charge in [0.15, 0.2) is 0 Å². The average molecular weight is 181 g/mol. The third-order valence-electron chi connectivity index (χ3n) is 1.94. The number of nitrogens with zero attached hydrogens (tertiary/aromatic N) is 2. The van der Waals surface area contributed by atoms with Gasteiger partial charge in [-0.2, -0.15) is 5.10 Å². The fraction of sp³-hybridized carbons (Fsp3) is 0.429. The third kappa shape index (κ3) is 1.35. The Balaban J connectivity index is 2.27. The molecule has 2 rings (SSSR count). The van der Waals surface area contributed by atoms with E-state index in [4.69, 9.17) is 5.73 Å². The second-order valence-corrected chi connectivity index (χ2v) is 2.89. The second kappa shape index (κ2) is 3.06. The van der Waals surface area contributed by atoms with Crippen LogP contribution < -0.4 is 16.0 Å². The number of fused-ring (bicyclic) bond motifs is 1. The molecule has 1 aliphatic rings. The summed E-state index contributed by atoms with van der Waals surface area (Å²) in [6.45, 7) is 1.51. The number of nitrogens with one attached hydrogen (secondary N) is 2. The zero-order chi connectivity index (χ0) is 9.26. The molecular formula is C7H11N5O. The van der Waals surface area contributed by atoms with Crippen molar-refractivity contribution in [2.45, 2.75) is 0 Å². The highest BCUT2D eigenvalue weighted by Gasteiger charge is 2.22. The van der Waals surface area contributed by atoms with Gasteiger partial charge < -0.3 is 16.0 Å². The van der Waals surface area contributed by atoms with Crippen molar-refractivity contribution in [2.24, 2.45) is 5.73 Å². The molecule has 1 aromatic rings. The fourth-order valence-corrected chi connectivity index (χ4v) is 1.40. The number of hydrogen-bond acceptors (Lipinski definition) is 4. The fourth-order valence-electron chi connectivity index (χ4n) is 1.40. The lowest BCUT2D eigenvalue weighted by Gasteiger charge is -2.26. The average Bonchev–Trinajstić information content (AvgIpc) is 2.52. The molecule has 2 heterocycles. The number of carbonyl (C=O) groups excluding carboxylic acids is 1. The molecular weight excluding hydrogens is 170 g/mol. The predicted molar refractivity (Wildman–Crippen MR) is 48.5 cm³/mol. The van der Waals surface area contributed by atoms with Crippen molar-refractivity contribution >= 4 is 17.4 Å². The molecule has 1 aliphatic heterocycles. The van der Waals surface area contributed by atoms with Crippen molar-refractivity contribution in [1.82, 2.24) is 10.2 Å². The molecule has 4 N–H and O–H groups in total. The van der Waals surface area contributed by atoms with Crippen LogP contribution in [0.25, 0.3) is 0 Å². The lowest BCUT2D eigenvalue weighted by atomic mass is 10.3. The van der Waals surface area contributed by atoms with Crippen molar-refractivity contribution in [3.05, 3.63) is 6.20 Å². The highest BCUT2D eigenvalue weighted by atomic mass is 16.2. The normalized spacial score (nSPS) is 15.5. The van der Waals surface area contributed by atoms with Crippen LogP contribution in [0.5, 0.6) is 0 Å². The van der Waals surface area contributed by atoms with Crippen molar-refractivity contribution in [2.75, 3.05) is 29.9 Å². The van der Waals surface area contributed by atoms with Crippen LogP contribution >= 0.6 is 0 Å². The molecule has 0 spiro atoms. The first-order chi connectivity index (χ1) is 6.31. The number of aromatic amines is 1. The molecule has 0 unspecified atom stereocenters. The summed E-state index contributed by atoms with van der Waals surface area (Å²) in [4.78, 5) is 13.0.